The molecule has 1 aromatic rings. The van der Waals surface area contributed by atoms with Crippen LogP contribution in [0.3, 0.4) is 0 Å². The maximum atomic E-state index is 13.2. The first-order valence-corrected chi connectivity index (χ1v) is 6.06. The zero-order chi connectivity index (χ0) is 13.0. The molecule has 1 aliphatic heterocycles. The second-order valence-electron chi connectivity index (χ2n) is 4.36. The van der Waals surface area contributed by atoms with Gasteiger partial charge in [0.25, 0.3) is 5.91 Å². The molecular weight excluding hydrogens is 271 g/mol. The van der Waals surface area contributed by atoms with Crippen molar-refractivity contribution in [1.29, 1.82) is 0 Å². The summed E-state index contributed by atoms with van der Waals surface area (Å²) < 4.78 is 18.2. The number of carbonyl (C=O) groups is 1. The van der Waals surface area contributed by atoms with Crippen LogP contribution < -0.4 is 15.4 Å². The molecule has 2 N–H and O–H groups in total. The number of nitrogens with one attached hydrogen (secondary N) is 2. The van der Waals surface area contributed by atoms with E-state index in [1.165, 1.54) is 25.3 Å². The lowest BCUT2D eigenvalue weighted by Crippen LogP contribution is -2.45. The first kappa shape index (κ1) is 15.7. The quantitative estimate of drug-likeness (QED) is 0.891. The van der Waals surface area contributed by atoms with Gasteiger partial charge in [-0.25, -0.2) is 4.39 Å². The second-order valence-corrected chi connectivity index (χ2v) is 4.36. The van der Waals surface area contributed by atoms with Gasteiger partial charge in [-0.05, 0) is 37.6 Å². The van der Waals surface area contributed by atoms with Gasteiger partial charge in [-0.2, -0.15) is 0 Å². The Labute approximate surface area is 118 Å². The van der Waals surface area contributed by atoms with Gasteiger partial charge < -0.3 is 15.4 Å². The lowest BCUT2D eigenvalue weighted by molar-refractivity contribution is 0.0927. The van der Waals surface area contributed by atoms with E-state index in [-0.39, 0.29) is 29.9 Å². The zero-order valence-corrected chi connectivity index (χ0v) is 11.6. The lowest BCUT2D eigenvalue weighted by atomic mass is 10.1. The van der Waals surface area contributed by atoms with Crippen molar-refractivity contribution in [3.8, 4) is 5.75 Å². The molecule has 1 aromatic carbocycles. The van der Waals surface area contributed by atoms with Crippen molar-refractivity contribution in [2.75, 3.05) is 20.2 Å². The van der Waals surface area contributed by atoms with Crippen molar-refractivity contribution in [3.05, 3.63) is 29.6 Å². The fourth-order valence-corrected chi connectivity index (χ4v) is 2.10. The van der Waals surface area contributed by atoms with E-state index in [0.717, 1.165) is 25.9 Å². The number of ether oxygens (including phenoxy) is 1. The fourth-order valence-electron chi connectivity index (χ4n) is 2.10. The molecule has 106 valence electrons. The Balaban J connectivity index is 0.00000180. The number of hydrogen-bond donors (Lipinski definition) is 2. The number of benzene rings is 1. The topological polar surface area (TPSA) is 50.4 Å². The molecule has 0 bridgehead atoms. The van der Waals surface area contributed by atoms with Crippen LogP contribution in [0, 0.1) is 5.82 Å². The van der Waals surface area contributed by atoms with E-state index >= 15 is 0 Å². The summed E-state index contributed by atoms with van der Waals surface area (Å²) in [5.41, 5.74) is 0.239. The predicted octanol–water partition coefficient (Wildman–Crippen LogP) is 1.74. The summed E-state index contributed by atoms with van der Waals surface area (Å²) >= 11 is 0. The molecule has 1 heterocycles. The summed E-state index contributed by atoms with van der Waals surface area (Å²) in [4.78, 5) is 12.1. The highest BCUT2D eigenvalue weighted by atomic mass is 35.5. The molecule has 4 nitrogen and oxygen atoms in total. The van der Waals surface area contributed by atoms with Gasteiger partial charge in [0.2, 0.25) is 0 Å². The summed E-state index contributed by atoms with van der Waals surface area (Å²) in [5, 5.41) is 6.10. The molecule has 2 rings (SSSR count). The van der Waals surface area contributed by atoms with Gasteiger partial charge in [-0.3, -0.25) is 4.79 Å². The Morgan fingerprint density at radius 1 is 1.53 bits per heavy atom. The van der Waals surface area contributed by atoms with Crippen molar-refractivity contribution in [1.82, 2.24) is 10.6 Å². The van der Waals surface area contributed by atoms with Crippen LogP contribution >= 0.6 is 12.4 Å². The van der Waals surface area contributed by atoms with E-state index in [4.69, 9.17) is 4.74 Å². The molecule has 1 saturated heterocycles. The van der Waals surface area contributed by atoms with E-state index < -0.39 is 5.82 Å². The van der Waals surface area contributed by atoms with Crippen molar-refractivity contribution < 1.29 is 13.9 Å². The van der Waals surface area contributed by atoms with E-state index in [0.29, 0.717) is 5.75 Å². The number of rotatable bonds is 3. The molecule has 0 spiro atoms. The molecular formula is C13H18ClFN2O2. The summed E-state index contributed by atoms with van der Waals surface area (Å²) in [6.45, 7) is 1.74. The largest absolute Gasteiger partial charge is 0.496 e. The molecule has 1 fully saturated rings. The molecule has 0 saturated carbocycles. The molecule has 0 radical (unpaired) electrons. The SMILES string of the molecule is COc1ccc(F)cc1C(=O)N[C@H]1CCCNC1.Cl. The highest BCUT2D eigenvalue weighted by molar-refractivity contribution is 5.97. The Morgan fingerprint density at radius 3 is 2.95 bits per heavy atom. The molecule has 1 aliphatic rings. The van der Waals surface area contributed by atoms with Crippen LogP contribution in [-0.2, 0) is 0 Å². The van der Waals surface area contributed by atoms with Crippen LogP contribution in [0.1, 0.15) is 23.2 Å². The average molecular weight is 289 g/mol. The van der Waals surface area contributed by atoms with Gasteiger partial charge in [0, 0.05) is 12.6 Å². The Morgan fingerprint density at radius 2 is 2.32 bits per heavy atom. The number of carbonyl (C=O) groups excluding carboxylic acids is 1. The molecule has 19 heavy (non-hydrogen) atoms. The Kier molecular flexibility index (Phi) is 6.05. The summed E-state index contributed by atoms with van der Waals surface area (Å²) in [7, 11) is 1.46. The Hall–Kier alpha value is -1.33. The smallest absolute Gasteiger partial charge is 0.255 e. The lowest BCUT2D eigenvalue weighted by Gasteiger charge is -2.24. The van der Waals surface area contributed by atoms with Gasteiger partial charge in [0.05, 0.1) is 12.7 Å². The number of amides is 1. The van der Waals surface area contributed by atoms with E-state index in [9.17, 15) is 9.18 Å². The molecule has 1 atom stereocenters. The maximum Gasteiger partial charge on any atom is 0.255 e. The van der Waals surface area contributed by atoms with Gasteiger partial charge in [0.15, 0.2) is 0 Å². The second kappa shape index (κ2) is 7.31. The van der Waals surface area contributed by atoms with E-state index in [2.05, 4.69) is 10.6 Å². The molecule has 0 unspecified atom stereocenters. The molecule has 1 amide bonds. The number of hydrogen-bond acceptors (Lipinski definition) is 3. The highest BCUT2D eigenvalue weighted by Crippen LogP contribution is 2.19. The van der Waals surface area contributed by atoms with Crippen LogP contribution in [0.5, 0.6) is 5.75 Å². The van der Waals surface area contributed by atoms with Gasteiger partial charge in [-0.15, -0.1) is 12.4 Å². The molecule has 0 aromatic heterocycles. The first-order chi connectivity index (χ1) is 8.70. The standard InChI is InChI=1S/C13H17FN2O2.ClH/c1-18-12-5-4-9(14)7-11(12)13(17)16-10-3-2-6-15-8-10;/h4-5,7,10,15H,2-3,6,8H2,1H3,(H,16,17);1H/t10-;/m0./s1. The van der Waals surface area contributed by atoms with E-state index in [1.54, 1.807) is 0 Å². The van der Waals surface area contributed by atoms with Crippen LogP contribution in [-0.4, -0.2) is 32.1 Å². The number of piperidine rings is 1. The minimum absolute atomic E-state index is 0. The molecule has 6 heteroatoms. The number of methoxy groups -OCH3 is 1. The first-order valence-electron chi connectivity index (χ1n) is 6.06. The van der Waals surface area contributed by atoms with Crippen LogP contribution in [0.15, 0.2) is 18.2 Å². The van der Waals surface area contributed by atoms with Crippen molar-refractivity contribution in [3.63, 3.8) is 0 Å². The monoisotopic (exact) mass is 288 g/mol. The van der Waals surface area contributed by atoms with Crippen LogP contribution in [0.2, 0.25) is 0 Å². The normalized spacial score (nSPS) is 18.3. The van der Waals surface area contributed by atoms with Crippen molar-refractivity contribution >= 4 is 18.3 Å². The van der Waals surface area contributed by atoms with Gasteiger partial charge in [0.1, 0.15) is 11.6 Å². The minimum Gasteiger partial charge on any atom is -0.496 e. The third-order valence-electron chi connectivity index (χ3n) is 3.04. The molecule has 0 aliphatic carbocycles. The van der Waals surface area contributed by atoms with Crippen LogP contribution in [0.25, 0.3) is 0 Å². The van der Waals surface area contributed by atoms with E-state index in [1.807, 2.05) is 0 Å². The Bertz CT molecular complexity index is 437. The maximum absolute atomic E-state index is 13.2. The third-order valence-corrected chi connectivity index (χ3v) is 3.04. The third kappa shape index (κ3) is 4.08. The summed E-state index contributed by atoms with van der Waals surface area (Å²) in [5.74, 6) is -0.347. The highest BCUT2D eigenvalue weighted by Gasteiger charge is 2.19. The zero-order valence-electron chi connectivity index (χ0n) is 10.7. The minimum atomic E-state index is -0.442. The summed E-state index contributed by atoms with van der Waals surface area (Å²) in [6, 6.07) is 4.03. The van der Waals surface area contributed by atoms with Gasteiger partial charge >= 0.3 is 0 Å². The van der Waals surface area contributed by atoms with Crippen molar-refractivity contribution in [2.45, 2.75) is 18.9 Å². The average Bonchev–Trinajstić information content (AvgIpc) is 2.40. The fraction of sp³-hybridized carbons (Fsp3) is 0.462. The van der Waals surface area contributed by atoms with Crippen LogP contribution in [0.4, 0.5) is 4.39 Å². The van der Waals surface area contributed by atoms with Crippen molar-refractivity contribution in [2.24, 2.45) is 0 Å². The number of halogens is 2. The van der Waals surface area contributed by atoms with Gasteiger partial charge in [-0.1, -0.05) is 0 Å². The predicted molar refractivity (Wildman–Crippen MR) is 73.6 cm³/mol. The summed E-state index contributed by atoms with van der Waals surface area (Å²) in [6.07, 6.45) is 1.97.